The summed E-state index contributed by atoms with van der Waals surface area (Å²) in [5.41, 5.74) is 12.4. The van der Waals surface area contributed by atoms with E-state index >= 15 is 0 Å². The van der Waals surface area contributed by atoms with Crippen molar-refractivity contribution in [1.82, 2.24) is 24.7 Å². The van der Waals surface area contributed by atoms with Gasteiger partial charge in [-0.2, -0.15) is 5.10 Å². The van der Waals surface area contributed by atoms with Crippen molar-refractivity contribution in [3.8, 4) is 16.9 Å². The number of rotatable bonds is 6. The maximum absolute atomic E-state index is 6.32. The van der Waals surface area contributed by atoms with Gasteiger partial charge in [-0.25, -0.2) is 4.98 Å². The molecule has 0 radical (unpaired) electrons. The van der Waals surface area contributed by atoms with Crippen LogP contribution in [0.2, 0.25) is 0 Å². The smallest absolute Gasteiger partial charge is 0.138 e. The van der Waals surface area contributed by atoms with Crippen molar-refractivity contribution in [2.24, 2.45) is 5.73 Å². The SMILES string of the molecule is Cc1[nH]nc2ccc(-c3cncc(OCC(N)Cn4cnc5ccccc54)c3)cc12. The second-order valence-electron chi connectivity index (χ2n) is 7.45. The van der Waals surface area contributed by atoms with Gasteiger partial charge >= 0.3 is 0 Å². The van der Waals surface area contributed by atoms with Gasteiger partial charge < -0.3 is 15.0 Å². The molecule has 0 bridgehead atoms. The zero-order valence-electron chi connectivity index (χ0n) is 16.6. The highest BCUT2D eigenvalue weighted by molar-refractivity contribution is 5.86. The number of aromatic amines is 1. The van der Waals surface area contributed by atoms with Crippen LogP contribution in [0.5, 0.6) is 5.75 Å². The molecule has 7 nitrogen and oxygen atoms in total. The van der Waals surface area contributed by atoms with Crippen LogP contribution < -0.4 is 10.5 Å². The normalized spacial score (nSPS) is 12.5. The zero-order valence-corrected chi connectivity index (χ0v) is 16.6. The number of nitrogens with two attached hydrogens (primary N) is 1. The number of benzene rings is 2. The first-order valence-corrected chi connectivity index (χ1v) is 9.86. The number of ether oxygens (including phenoxy) is 1. The van der Waals surface area contributed by atoms with E-state index in [9.17, 15) is 0 Å². The van der Waals surface area contributed by atoms with Crippen LogP contribution in [0.4, 0.5) is 0 Å². The van der Waals surface area contributed by atoms with Crippen molar-refractivity contribution in [3.63, 3.8) is 0 Å². The van der Waals surface area contributed by atoms with Gasteiger partial charge in [0.25, 0.3) is 0 Å². The molecule has 0 amide bonds. The predicted molar refractivity (Wildman–Crippen MR) is 117 cm³/mol. The highest BCUT2D eigenvalue weighted by Crippen LogP contribution is 2.27. The molecule has 0 aliphatic heterocycles. The van der Waals surface area contributed by atoms with Crippen LogP contribution in [0.1, 0.15) is 5.69 Å². The largest absolute Gasteiger partial charge is 0.490 e. The number of para-hydroxylation sites is 2. The van der Waals surface area contributed by atoms with Gasteiger partial charge in [0.1, 0.15) is 12.4 Å². The molecule has 3 aromatic heterocycles. The average molecular weight is 398 g/mol. The first kappa shape index (κ1) is 18.3. The van der Waals surface area contributed by atoms with Crippen molar-refractivity contribution in [2.75, 3.05) is 6.61 Å². The zero-order chi connectivity index (χ0) is 20.5. The molecule has 5 rings (SSSR count). The lowest BCUT2D eigenvalue weighted by molar-refractivity contribution is 0.276. The van der Waals surface area contributed by atoms with E-state index in [0.717, 1.165) is 38.8 Å². The number of pyridine rings is 1. The number of hydrogen-bond acceptors (Lipinski definition) is 5. The van der Waals surface area contributed by atoms with E-state index in [1.54, 1.807) is 6.20 Å². The average Bonchev–Trinajstić information content (AvgIpc) is 3.36. The number of nitrogens with one attached hydrogen (secondary N) is 1. The number of aromatic nitrogens is 5. The molecule has 1 unspecified atom stereocenters. The van der Waals surface area contributed by atoms with Gasteiger partial charge in [0, 0.05) is 29.4 Å². The molecule has 0 saturated carbocycles. The molecule has 2 aromatic carbocycles. The van der Waals surface area contributed by atoms with Gasteiger partial charge in [-0.3, -0.25) is 10.1 Å². The van der Waals surface area contributed by atoms with Crippen LogP contribution in [-0.4, -0.2) is 37.4 Å². The third-order valence-electron chi connectivity index (χ3n) is 5.21. The summed E-state index contributed by atoms with van der Waals surface area (Å²) in [5.74, 6) is 0.697. The summed E-state index contributed by atoms with van der Waals surface area (Å²) >= 11 is 0. The van der Waals surface area contributed by atoms with Gasteiger partial charge in [-0.1, -0.05) is 18.2 Å². The van der Waals surface area contributed by atoms with E-state index in [0.29, 0.717) is 18.9 Å². The topological polar surface area (TPSA) is 94.6 Å². The highest BCUT2D eigenvalue weighted by Gasteiger charge is 2.10. The number of nitrogens with zero attached hydrogens (tertiary/aromatic N) is 4. The third kappa shape index (κ3) is 3.51. The van der Waals surface area contributed by atoms with Crippen molar-refractivity contribution in [2.45, 2.75) is 19.5 Å². The fourth-order valence-electron chi connectivity index (χ4n) is 3.64. The van der Waals surface area contributed by atoms with Crippen LogP contribution in [-0.2, 0) is 6.54 Å². The minimum atomic E-state index is -0.170. The Labute approximate surface area is 173 Å². The number of aryl methyl sites for hydroxylation is 1. The Morgan fingerprint density at radius 2 is 1.97 bits per heavy atom. The molecular weight excluding hydrogens is 376 g/mol. The lowest BCUT2D eigenvalue weighted by atomic mass is 10.0. The van der Waals surface area contributed by atoms with Crippen LogP contribution in [0, 0.1) is 6.92 Å². The number of imidazole rings is 1. The summed E-state index contributed by atoms with van der Waals surface area (Å²) in [4.78, 5) is 8.75. The minimum Gasteiger partial charge on any atom is -0.490 e. The number of H-pyrrole nitrogens is 1. The molecule has 150 valence electrons. The number of hydrogen-bond donors (Lipinski definition) is 2. The molecule has 0 fully saturated rings. The molecule has 0 aliphatic carbocycles. The van der Waals surface area contributed by atoms with Crippen molar-refractivity contribution in [1.29, 1.82) is 0 Å². The summed E-state index contributed by atoms with van der Waals surface area (Å²) in [6.07, 6.45) is 5.37. The summed E-state index contributed by atoms with van der Waals surface area (Å²) in [6, 6.07) is 16.0. The molecule has 5 aromatic rings. The van der Waals surface area contributed by atoms with Gasteiger partial charge in [0.15, 0.2) is 0 Å². The van der Waals surface area contributed by atoms with E-state index in [1.165, 1.54) is 0 Å². The second kappa shape index (κ2) is 7.61. The summed E-state index contributed by atoms with van der Waals surface area (Å²) in [6.45, 7) is 3.03. The molecule has 0 saturated heterocycles. The van der Waals surface area contributed by atoms with Gasteiger partial charge in [-0.05, 0) is 42.8 Å². The molecule has 3 N–H and O–H groups in total. The van der Waals surface area contributed by atoms with Crippen LogP contribution in [0.25, 0.3) is 33.1 Å². The molecule has 1 atom stereocenters. The summed E-state index contributed by atoms with van der Waals surface area (Å²) in [5, 5.41) is 8.41. The lowest BCUT2D eigenvalue weighted by Gasteiger charge is -2.15. The van der Waals surface area contributed by atoms with Crippen molar-refractivity contribution >= 4 is 21.9 Å². The standard InChI is InChI=1S/C23H22N6O/c1-15-20-9-16(6-7-21(20)28-27-15)17-8-19(11-25-10-17)30-13-18(24)12-29-14-26-22-4-2-3-5-23(22)29/h2-11,14,18H,12-13,24H2,1H3,(H,27,28). The van der Waals surface area contributed by atoms with E-state index in [-0.39, 0.29) is 6.04 Å². The van der Waals surface area contributed by atoms with Crippen LogP contribution in [0.15, 0.2) is 67.3 Å². The quantitative estimate of drug-likeness (QED) is 0.455. The molecular formula is C23H22N6O. The van der Waals surface area contributed by atoms with E-state index in [2.05, 4.69) is 30.8 Å². The first-order valence-electron chi connectivity index (χ1n) is 9.86. The first-order chi connectivity index (χ1) is 14.7. The van der Waals surface area contributed by atoms with E-state index in [4.69, 9.17) is 10.5 Å². The maximum Gasteiger partial charge on any atom is 0.138 e. The Kier molecular flexibility index (Phi) is 4.65. The molecule has 0 spiro atoms. The minimum absolute atomic E-state index is 0.170. The molecule has 0 aliphatic rings. The number of fused-ring (bicyclic) bond motifs is 2. The Morgan fingerprint density at radius 3 is 2.90 bits per heavy atom. The Balaban J connectivity index is 1.29. The second-order valence-corrected chi connectivity index (χ2v) is 7.45. The summed E-state index contributed by atoms with van der Waals surface area (Å²) < 4.78 is 8.00. The fraction of sp³-hybridized carbons (Fsp3) is 0.174. The Hall–Kier alpha value is -3.71. The van der Waals surface area contributed by atoms with E-state index < -0.39 is 0 Å². The lowest BCUT2D eigenvalue weighted by Crippen LogP contribution is -2.32. The summed E-state index contributed by atoms with van der Waals surface area (Å²) in [7, 11) is 0. The Bertz CT molecular complexity index is 1320. The van der Waals surface area contributed by atoms with Gasteiger partial charge in [0.2, 0.25) is 0 Å². The third-order valence-corrected chi connectivity index (χ3v) is 5.21. The fourth-order valence-corrected chi connectivity index (χ4v) is 3.64. The van der Waals surface area contributed by atoms with Gasteiger partial charge in [0.05, 0.1) is 35.1 Å². The van der Waals surface area contributed by atoms with Crippen LogP contribution >= 0.6 is 0 Å². The van der Waals surface area contributed by atoms with E-state index in [1.807, 2.05) is 61.9 Å². The molecule has 7 heteroatoms. The van der Waals surface area contributed by atoms with Gasteiger partial charge in [-0.15, -0.1) is 0 Å². The van der Waals surface area contributed by atoms with Crippen molar-refractivity contribution in [3.05, 3.63) is 72.9 Å². The molecule has 3 heterocycles. The van der Waals surface area contributed by atoms with Crippen LogP contribution in [0.3, 0.4) is 0 Å². The monoisotopic (exact) mass is 398 g/mol. The highest BCUT2D eigenvalue weighted by atomic mass is 16.5. The van der Waals surface area contributed by atoms with Crippen molar-refractivity contribution < 1.29 is 4.74 Å². The Morgan fingerprint density at radius 1 is 1.07 bits per heavy atom. The molecule has 30 heavy (non-hydrogen) atoms. The predicted octanol–water partition coefficient (Wildman–Crippen LogP) is 3.69. The maximum atomic E-state index is 6.32.